The van der Waals surface area contributed by atoms with Crippen molar-refractivity contribution in [3.8, 4) is 28.7 Å². The Hall–Kier alpha value is -4.80. The molecule has 13 heteroatoms. The third-order valence-electron chi connectivity index (χ3n) is 7.50. The summed E-state index contributed by atoms with van der Waals surface area (Å²) in [5.74, 6) is 1.64. The van der Waals surface area contributed by atoms with Gasteiger partial charge in [0.1, 0.15) is 30.0 Å². The maximum absolute atomic E-state index is 9.58. The van der Waals surface area contributed by atoms with E-state index >= 15 is 0 Å². The number of hydrogen-bond donors (Lipinski definition) is 1. The second kappa shape index (κ2) is 12.4. The van der Waals surface area contributed by atoms with E-state index < -0.39 is 0 Å². The summed E-state index contributed by atoms with van der Waals surface area (Å²) in [5, 5.41) is 24.0. The Morgan fingerprint density at radius 2 is 1.86 bits per heavy atom. The summed E-state index contributed by atoms with van der Waals surface area (Å²) in [6, 6.07) is 14.3. The molecule has 2 aromatic heterocycles. The summed E-state index contributed by atoms with van der Waals surface area (Å²) in [7, 11) is 1.66. The minimum absolute atomic E-state index is 0.257. The zero-order valence-corrected chi connectivity index (χ0v) is 23.6. The molecule has 0 amide bonds. The summed E-state index contributed by atoms with van der Waals surface area (Å²) in [4.78, 5) is 13.9. The molecule has 13 nitrogen and oxygen atoms in total. The zero-order valence-electron chi connectivity index (χ0n) is 23.6. The van der Waals surface area contributed by atoms with Crippen LogP contribution in [0, 0.1) is 11.3 Å². The number of aromatic nitrogens is 6. The molecule has 0 aliphatic carbocycles. The molecule has 216 valence electrons. The Kier molecular flexibility index (Phi) is 8.07. The van der Waals surface area contributed by atoms with Crippen LogP contribution in [0.3, 0.4) is 0 Å². The fourth-order valence-corrected chi connectivity index (χ4v) is 5.09. The van der Waals surface area contributed by atoms with Gasteiger partial charge in [-0.1, -0.05) is 6.07 Å². The third kappa shape index (κ3) is 6.09. The fourth-order valence-electron chi connectivity index (χ4n) is 5.09. The zero-order chi connectivity index (χ0) is 28.9. The van der Waals surface area contributed by atoms with Gasteiger partial charge in [-0.2, -0.15) is 5.26 Å². The first-order valence-electron chi connectivity index (χ1n) is 13.9. The van der Waals surface area contributed by atoms with Gasteiger partial charge in [0.05, 0.1) is 44.2 Å². The molecule has 2 saturated heterocycles. The van der Waals surface area contributed by atoms with Crippen LogP contribution in [0.15, 0.2) is 55.1 Å². The number of methoxy groups -OCH3 is 1. The molecule has 2 fully saturated rings. The van der Waals surface area contributed by atoms with Crippen LogP contribution in [0.4, 0.5) is 17.3 Å². The van der Waals surface area contributed by atoms with Gasteiger partial charge in [0.25, 0.3) is 0 Å². The van der Waals surface area contributed by atoms with Crippen molar-refractivity contribution in [1.82, 2.24) is 35.1 Å². The average molecular weight is 569 g/mol. The van der Waals surface area contributed by atoms with Gasteiger partial charge in [0, 0.05) is 55.9 Å². The van der Waals surface area contributed by atoms with Gasteiger partial charge in [0.15, 0.2) is 0 Å². The van der Waals surface area contributed by atoms with E-state index in [2.05, 4.69) is 58.8 Å². The number of benzene rings is 2. The van der Waals surface area contributed by atoms with Crippen LogP contribution in [-0.2, 0) is 11.3 Å². The summed E-state index contributed by atoms with van der Waals surface area (Å²) in [6.07, 6.45) is 4.73. The van der Waals surface area contributed by atoms with E-state index in [1.54, 1.807) is 30.3 Å². The molecule has 1 atom stereocenters. The molecule has 2 aliphatic heterocycles. The summed E-state index contributed by atoms with van der Waals surface area (Å²) < 4.78 is 18.7. The Balaban J connectivity index is 1.11. The number of anilines is 3. The minimum Gasteiger partial charge on any atom is -0.494 e. The van der Waals surface area contributed by atoms with Crippen LogP contribution < -0.4 is 19.7 Å². The molecule has 42 heavy (non-hydrogen) atoms. The molecular formula is C29H32N10O3. The van der Waals surface area contributed by atoms with Crippen molar-refractivity contribution in [2.24, 2.45) is 0 Å². The van der Waals surface area contributed by atoms with Crippen molar-refractivity contribution in [1.29, 1.82) is 5.26 Å². The molecule has 1 N–H and O–H groups in total. The van der Waals surface area contributed by atoms with Crippen LogP contribution in [0.5, 0.6) is 11.5 Å². The smallest absolute Gasteiger partial charge is 0.227 e. The molecule has 4 heterocycles. The number of nitrogens with one attached hydrogen (secondary N) is 1. The van der Waals surface area contributed by atoms with Crippen LogP contribution in [0.2, 0.25) is 0 Å². The van der Waals surface area contributed by atoms with E-state index in [4.69, 9.17) is 14.2 Å². The molecule has 0 spiro atoms. The summed E-state index contributed by atoms with van der Waals surface area (Å²) >= 11 is 0. The monoisotopic (exact) mass is 568 g/mol. The van der Waals surface area contributed by atoms with Crippen LogP contribution in [-0.4, -0.2) is 93.7 Å². The number of tetrazole rings is 1. The van der Waals surface area contributed by atoms with Crippen LogP contribution >= 0.6 is 0 Å². The first kappa shape index (κ1) is 27.4. The second-order valence-electron chi connectivity index (χ2n) is 10.3. The van der Waals surface area contributed by atoms with E-state index in [0.717, 1.165) is 67.6 Å². The highest BCUT2D eigenvalue weighted by molar-refractivity contribution is 5.70. The first-order chi connectivity index (χ1) is 20.6. The number of nitriles is 1. The normalized spacial score (nSPS) is 16.4. The van der Waals surface area contributed by atoms with Gasteiger partial charge >= 0.3 is 0 Å². The van der Waals surface area contributed by atoms with Gasteiger partial charge in [-0.25, -0.2) is 14.6 Å². The number of nitrogens with zero attached hydrogens (tertiary/aromatic N) is 9. The van der Waals surface area contributed by atoms with Gasteiger partial charge in [0.2, 0.25) is 5.95 Å². The predicted octanol–water partition coefficient (Wildman–Crippen LogP) is 2.74. The Labute approximate surface area is 243 Å². The standard InChI is InChI=1S/C29H32N10O3/c1-20(16-39-19-33-35-36-39)42-27-11-21(3-4-22(27)13-30)23-14-31-29(32-15-23)34-26-6-5-24(12-28(26)40-2)37-7-9-38(10-8-37)25-17-41-18-25/h3-6,11-12,14-15,19-20,25H,7-10,16-18H2,1-2H3,(H,31,32,34)/t20-/m0/s1. The van der Waals surface area contributed by atoms with Crippen molar-refractivity contribution < 1.29 is 14.2 Å². The van der Waals surface area contributed by atoms with Gasteiger partial charge in [-0.05, 0) is 47.2 Å². The number of piperazine rings is 1. The Bertz CT molecular complexity index is 1530. The molecule has 0 saturated carbocycles. The minimum atomic E-state index is -0.257. The molecule has 2 aromatic carbocycles. The molecular weight excluding hydrogens is 536 g/mol. The summed E-state index contributed by atoms with van der Waals surface area (Å²) in [6.45, 7) is 8.04. The highest BCUT2D eigenvalue weighted by atomic mass is 16.5. The van der Waals surface area contributed by atoms with E-state index in [9.17, 15) is 5.26 Å². The Morgan fingerprint density at radius 1 is 1.05 bits per heavy atom. The lowest BCUT2D eigenvalue weighted by Crippen LogP contribution is -2.56. The molecule has 6 rings (SSSR count). The largest absolute Gasteiger partial charge is 0.494 e. The van der Waals surface area contributed by atoms with Crippen LogP contribution in [0.1, 0.15) is 12.5 Å². The van der Waals surface area contributed by atoms with E-state index in [1.807, 2.05) is 25.1 Å². The van der Waals surface area contributed by atoms with Crippen molar-refractivity contribution in [2.45, 2.75) is 25.6 Å². The van der Waals surface area contributed by atoms with Crippen molar-refractivity contribution in [3.05, 3.63) is 60.7 Å². The molecule has 4 aromatic rings. The second-order valence-corrected chi connectivity index (χ2v) is 10.3. The van der Waals surface area contributed by atoms with E-state index in [0.29, 0.717) is 29.8 Å². The Morgan fingerprint density at radius 3 is 2.52 bits per heavy atom. The lowest BCUT2D eigenvalue weighted by atomic mass is 10.1. The number of hydrogen-bond acceptors (Lipinski definition) is 12. The fraction of sp³-hybridized carbons (Fsp3) is 0.379. The maximum atomic E-state index is 9.58. The highest BCUT2D eigenvalue weighted by Crippen LogP contribution is 2.33. The maximum Gasteiger partial charge on any atom is 0.227 e. The SMILES string of the molecule is COc1cc(N2CCN(C3COC3)CC2)ccc1Nc1ncc(-c2ccc(C#N)c(O[C@@H](C)Cn3cnnn3)c2)cn1. The van der Waals surface area contributed by atoms with Crippen molar-refractivity contribution in [2.75, 3.05) is 56.7 Å². The van der Waals surface area contributed by atoms with Crippen LogP contribution in [0.25, 0.3) is 11.1 Å². The topological polar surface area (TPSA) is 139 Å². The van der Waals surface area contributed by atoms with Gasteiger partial charge < -0.3 is 24.4 Å². The highest BCUT2D eigenvalue weighted by Gasteiger charge is 2.29. The first-order valence-corrected chi connectivity index (χ1v) is 13.9. The van der Waals surface area contributed by atoms with E-state index in [1.165, 1.54) is 6.33 Å². The number of rotatable bonds is 10. The third-order valence-corrected chi connectivity index (χ3v) is 7.50. The molecule has 0 bridgehead atoms. The van der Waals surface area contributed by atoms with Gasteiger partial charge in [-0.3, -0.25) is 4.90 Å². The number of ether oxygens (including phenoxy) is 3. The molecule has 2 aliphatic rings. The lowest BCUT2D eigenvalue weighted by molar-refractivity contribution is -0.0660. The van der Waals surface area contributed by atoms with E-state index in [-0.39, 0.29) is 6.10 Å². The lowest BCUT2D eigenvalue weighted by Gasteiger charge is -2.43. The van der Waals surface area contributed by atoms with Crippen molar-refractivity contribution in [3.63, 3.8) is 0 Å². The van der Waals surface area contributed by atoms with Gasteiger partial charge in [-0.15, -0.1) is 5.10 Å². The predicted molar refractivity (Wildman–Crippen MR) is 155 cm³/mol. The molecule has 0 radical (unpaired) electrons. The average Bonchev–Trinajstić information content (AvgIpc) is 3.50. The molecule has 0 unspecified atom stereocenters. The summed E-state index contributed by atoms with van der Waals surface area (Å²) in [5.41, 5.74) is 3.97. The quantitative estimate of drug-likeness (QED) is 0.301. The van der Waals surface area contributed by atoms with Crippen molar-refractivity contribution >= 4 is 17.3 Å².